The normalized spacial score (nSPS) is 17.6. The molecule has 3 heterocycles. The first kappa shape index (κ1) is 14.4. The van der Waals surface area contributed by atoms with Crippen molar-refractivity contribution in [2.75, 3.05) is 13.2 Å². The molecule has 0 saturated heterocycles. The van der Waals surface area contributed by atoms with E-state index in [9.17, 15) is 0 Å². The van der Waals surface area contributed by atoms with Crippen molar-refractivity contribution in [1.29, 1.82) is 0 Å². The second kappa shape index (κ2) is 5.79. The van der Waals surface area contributed by atoms with Crippen molar-refractivity contribution in [2.24, 2.45) is 7.05 Å². The molecular formula is C17H21N5O. The van der Waals surface area contributed by atoms with Gasteiger partial charge in [0.05, 0.1) is 30.2 Å². The van der Waals surface area contributed by atoms with Gasteiger partial charge in [-0.25, -0.2) is 9.97 Å². The highest BCUT2D eigenvalue weighted by Crippen LogP contribution is 2.26. The van der Waals surface area contributed by atoms with Crippen LogP contribution < -0.4 is 5.32 Å². The second-order valence-corrected chi connectivity index (χ2v) is 6.14. The highest BCUT2D eigenvalue weighted by atomic mass is 16.5. The van der Waals surface area contributed by atoms with Gasteiger partial charge in [-0.1, -0.05) is 6.07 Å². The minimum atomic E-state index is 0.256. The summed E-state index contributed by atoms with van der Waals surface area (Å²) in [6.45, 7) is 4.98. The lowest BCUT2D eigenvalue weighted by Gasteiger charge is -2.26. The second-order valence-electron chi connectivity index (χ2n) is 6.14. The molecule has 0 unspecified atom stereocenters. The maximum Gasteiger partial charge on any atom is 0.136 e. The number of aryl methyl sites for hydroxylation is 2. The van der Waals surface area contributed by atoms with Crippen LogP contribution in [0.4, 0.5) is 0 Å². The van der Waals surface area contributed by atoms with Crippen molar-refractivity contribution in [3.63, 3.8) is 0 Å². The third kappa shape index (κ3) is 2.64. The van der Waals surface area contributed by atoms with Crippen molar-refractivity contribution in [2.45, 2.75) is 26.1 Å². The van der Waals surface area contributed by atoms with Crippen LogP contribution in [0.15, 0.2) is 30.6 Å². The Morgan fingerprint density at radius 1 is 1.39 bits per heavy atom. The van der Waals surface area contributed by atoms with Crippen LogP contribution in [0, 0.1) is 6.92 Å². The van der Waals surface area contributed by atoms with Crippen molar-refractivity contribution >= 4 is 11.0 Å². The molecule has 6 nitrogen and oxygen atoms in total. The zero-order valence-corrected chi connectivity index (χ0v) is 13.5. The lowest BCUT2D eigenvalue weighted by atomic mass is 10.2. The topological polar surface area (TPSA) is 56.9 Å². The summed E-state index contributed by atoms with van der Waals surface area (Å²) in [5.41, 5.74) is 3.48. The minimum Gasteiger partial charge on any atom is -0.371 e. The molecule has 1 aliphatic heterocycles. The first-order valence-corrected chi connectivity index (χ1v) is 7.94. The molecule has 23 heavy (non-hydrogen) atoms. The Kier molecular flexibility index (Phi) is 3.63. The molecule has 1 N–H and O–H groups in total. The molecule has 6 heteroatoms. The summed E-state index contributed by atoms with van der Waals surface area (Å²) in [6, 6.07) is 6.70. The molecule has 0 aliphatic carbocycles. The van der Waals surface area contributed by atoms with Gasteiger partial charge in [-0.15, -0.1) is 0 Å². The Bertz CT molecular complexity index is 835. The van der Waals surface area contributed by atoms with Gasteiger partial charge in [0.25, 0.3) is 0 Å². The number of fused-ring (bicyclic) bond motifs is 3. The highest BCUT2D eigenvalue weighted by molar-refractivity contribution is 5.77. The van der Waals surface area contributed by atoms with Crippen LogP contribution in [-0.4, -0.2) is 32.3 Å². The number of nitrogens with zero attached hydrogens (tertiary/aromatic N) is 4. The Balaban J connectivity index is 1.55. The van der Waals surface area contributed by atoms with E-state index < -0.39 is 0 Å². The number of nitrogens with one attached hydrogen (secondary N) is 1. The number of rotatable bonds is 4. The number of hydrogen-bond donors (Lipinski definition) is 1. The van der Waals surface area contributed by atoms with Crippen molar-refractivity contribution in [3.05, 3.63) is 47.8 Å². The van der Waals surface area contributed by atoms with Gasteiger partial charge in [0, 0.05) is 26.0 Å². The summed E-state index contributed by atoms with van der Waals surface area (Å²) >= 11 is 0. The zero-order valence-electron chi connectivity index (χ0n) is 13.5. The monoisotopic (exact) mass is 311 g/mol. The van der Waals surface area contributed by atoms with E-state index >= 15 is 0 Å². The Morgan fingerprint density at radius 3 is 3.13 bits per heavy atom. The van der Waals surface area contributed by atoms with Crippen molar-refractivity contribution in [3.8, 4) is 0 Å². The van der Waals surface area contributed by atoms with E-state index in [0.717, 1.165) is 30.3 Å². The molecule has 0 fully saturated rings. The first-order valence-electron chi connectivity index (χ1n) is 7.94. The molecule has 0 saturated carbocycles. The highest BCUT2D eigenvalue weighted by Gasteiger charge is 2.23. The molecule has 0 radical (unpaired) electrons. The zero-order chi connectivity index (χ0) is 15.8. The van der Waals surface area contributed by atoms with Crippen LogP contribution in [0.25, 0.3) is 11.0 Å². The molecule has 1 aliphatic rings. The average Bonchev–Trinajstić information content (AvgIpc) is 3.10. The molecule has 1 aromatic carbocycles. The molecule has 0 spiro atoms. The summed E-state index contributed by atoms with van der Waals surface area (Å²) < 4.78 is 10.1. The molecule has 2 aromatic heterocycles. The van der Waals surface area contributed by atoms with Gasteiger partial charge in [0.15, 0.2) is 0 Å². The van der Waals surface area contributed by atoms with Crippen molar-refractivity contribution < 1.29 is 4.74 Å². The van der Waals surface area contributed by atoms with Crippen LogP contribution >= 0.6 is 0 Å². The molecule has 0 amide bonds. The number of aromatic nitrogens is 4. The number of imidazole rings is 2. The summed E-state index contributed by atoms with van der Waals surface area (Å²) in [6.07, 6.45) is 3.79. The van der Waals surface area contributed by atoms with Gasteiger partial charge >= 0.3 is 0 Å². The first-order chi connectivity index (χ1) is 11.2. The van der Waals surface area contributed by atoms with E-state index in [-0.39, 0.29) is 6.04 Å². The summed E-state index contributed by atoms with van der Waals surface area (Å²) in [4.78, 5) is 9.07. The lowest BCUT2D eigenvalue weighted by Crippen LogP contribution is -2.33. The Labute approximate surface area is 135 Å². The molecule has 0 bridgehead atoms. The van der Waals surface area contributed by atoms with Gasteiger partial charge in [-0.3, -0.25) is 0 Å². The maximum atomic E-state index is 5.74. The minimum absolute atomic E-state index is 0.256. The fourth-order valence-electron chi connectivity index (χ4n) is 3.20. The predicted molar refractivity (Wildman–Crippen MR) is 88.1 cm³/mol. The largest absolute Gasteiger partial charge is 0.371 e. The molecule has 4 rings (SSSR count). The van der Waals surface area contributed by atoms with Crippen LogP contribution in [0.1, 0.15) is 23.3 Å². The number of ether oxygens (including phenoxy) is 1. The Morgan fingerprint density at radius 2 is 2.30 bits per heavy atom. The van der Waals surface area contributed by atoms with Crippen LogP contribution in [-0.2, 0) is 24.9 Å². The summed E-state index contributed by atoms with van der Waals surface area (Å²) in [5, 5.41) is 3.49. The fraction of sp³-hybridized carbons (Fsp3) is 0.412. The van der Waals surface area contributed by atoms with E-state index in [4.69, 9.17) is 9.72 Å². The Hall–Kier alpha value is -2.18. The third-order valence-corrected chi connectivity index (χ3v) is 4.41. The fourth-order valence-corrected chi connectivity index (χ4v) is 3.20. The van der Waals surface area contributed by atoms with Crippen LogP contribution in [0.5, 0.6) is 0 Å². The van der Waals surface area contributed by atoms with E-state index in [1.807, 2.05) is 24.0 Å². The van der Waals surface area contributed by atoms with Crippen LogP contribution in [0.2, 0.25) is 0 Å². The van der Waals surface area contributed by atoms with Gasteiger partial charge in [0.1, 0.15) is 18.3 Å². The summed E-state index contributed by atoms with van der Waals surface area (Å²) in [7, 11) is 2.01. The van der Waals surface area contributed by atoms with Crippen molar-refractivity contribution in [1.82, 2.24) is 24.4 Å². The molecule has 120 valence electrons. The van der Waals surface area contributed by atoms with Gasteiger partial charge < -0.3 is 19.2 Å². The predicted octanol–water partition coefficient (Wildman–Crippen LogP) is 1.94. The third-order valence-electron chi connectivity index (χ3n) is 4.41. The lowest BCUT2D eigenvalue weighted by molar-refractivity contribution is 0.0563. The standard InChI is InChI=1S/C17H21N5O/c1-12-3-4-15-14(7-12)20-17-11-23-10-13(22(15)17)8-18-9-16-19-5-6-21(16)2/h3-7,13,18H,8-11H2,1-2H3/t13-/m0/s1. The molecule has 1 atom stereocenters. The van der Waals surface area contributed by atoms with Gasteiger partial charge in [-0.2, -0.15) is 0 Å². The maximum absolute atomic E-state index is 5.74. The average molecular weight is 311 g/mol. The number of benzene rings is 1. The SMILES string of the molecule is Cc1ccc2c(c1)nc1n2[C@@H](CNCc2nccn2C)COC1. The van der Waals surface area contributed by atoms with E-state index in [1.165, 1.54) is 11.1 Å². The smallest absolute Gasteiger partial charge is 0.136 e. The quantitative estimate of drug-likeness (QED) is 0.800. The summed E-state index contributed by atoms with van der Waals surface area (Å²) in [5.74, 6) is 2.05. The van der Waals surface area contributed by atoms with E-state index in [0.29, 0.717) is 13.2 Å². The van der Waals surface area contributed by atoms with Crippen LogP contribution in [0.3, 0.4) is 0 Å². The van der Waals surface area contributed by atoms with E-state index in [2.05, 4.69) is 40.0 Å². The van der Waals surface area contributed by atoms with Gasteiger partial charge in [0.2, 0.25) is 0 Å². The molecule has 3 aromatic rings. The van der Waals surface area contributed by atoms with Gasteiger partial charge in [-0.05, 0) is 24.6 Å². The van der Waals surface area contributed by atoms with E-state index in [1.54, 1.807) is 0 Å². The number of hydrogen-bond acceptors (Lipinski definition) is 4. The molecular weight excluding hydrogens is 290 g/mol.